The monoisotopic (exact) mass is 368 g/mol. The van der Waals surface area contributed by atoms with Crippen LogP contribution in [0.15, 0.2) is 41.8 Å². The van der Waals surface area contributed by atoms with Crippen LogP contribution in [0.3, 0.4) is 0 Å². The smallest absolute Gasteiger partial charge is 0.227 e. The molecule has 4 rings (SSSR count). The van der Waals surface area contributed by atoms with Gasteiger partial charge in [0.25, 0.3) is 0 Å². The lowest BCUT2D eigenvalue weighted by molar-refractivity contribution is -0.118. The minimum Gasteiger partial charge on any atom is -0.309 e. The molecule has 0 bridgehead atoms. The Morgan fingerprint density at radius 3 is 2.92 bits per heavy atom. The summed E-state index contributed by atoms with van der Waals surface area (Å²) in [5, 5.41) is 3.13. The Kier molecular flexibility index (Phi) is 4.44. The highest BCUT2D eigenvalue weighted by molar-refractivity contribution is 7.15. The molecule has 1 aliphatic rings. The van der Waals surface area contributed by atoms with Crippen molar-refractivity contribution >= 4 is 34.3 Å². The Morgan fingerprint density at radius 2 is 2.12 bits per heavy atom. The number of carbonyl (C=O) groups excluding carboxylic acids is 1. The molecule has 1 amide bonds. The summed E-state index contributed by atoms with van der Waals surface area (Å²) in [7, 11) is 0. The van der Waals surface area contributed by atoms with Gasteiger partial charge in [0.05, 0.1) is 15.6 Å². The van der Waals surface area contributed by atoms with E-state index in [1.165, 1.54) is 15.3 Å². The van der Waals surface area contributed by atoms with Crippen LogP contribution in [0.1, 0.15) is 28.8 Å². The van der Waals surface area contributed by atoms with Gasteiger partial charge >= 0.3 is 0 Å². The first-order chi connectivity index (χ1) is 12.1. The zero-order valence-electron chi connectivity index (χ0n) is 14.4. The zero-order chi connectivity index (χ0) is 17.4. The minimum atomic E-state index is 0.209. The predicted molar refractivity (Wildman–Crippen MR) is 106 cm³/mol. The molecule has 128 valence electrons. The molecule has 5 heteroatoms. The second-order valence-electron chi connectivity index (χ2n) is 6.43. The van der Waals surface area contributed by atoms with Crippen LogP contribution in [0.25, 0.3) is 10.6 Å². The minimum absolute atomic E-state index is 0.209. The average Bonchev–Trinajstić information content (AvgIpc) is 3.29. The maximum absolute atomic E-state index is 12.9. The van der Waals surface area contributed by atoms with E-state index in [-0.39, 0.29) is 11.9 Å². The number of thiophene rings is 1. The van der Waals surface area contributed by atoms with Crippen LogP contribution in [-0.2, 0) is 17.6 Å². The first-order valence-corrected chi connectivity index (χ1v) is 10.2. The van der Waals surface area contributed by atoms with Gasteiger partial charge in [0, 0.05) is 23.0 Å². The second-order valence-corrected chi connectivity index (χ2v) is 8.66. The van der Waals surface area contributed by atoms with Gasteiger partial charge in [0.1, 0.15) is 0 Å². The Bertz CT molecular complexity index is 898. The van der Waals surface area contributed by atoms with Gasteiger partial charge in [-0.25, -0.2) is 4.98 Å². The molecular formula is C20H20N2OS2. The van der Waals surface area contributed by atoms with Crippen molar-refractivity contribution in [1.29, 1.82) is 0 Å². The molecule has 1 unspecified atom stereocenters. The van der Waals surface area contributed by atoms with Crippen molar-refractivity contribution < 1.29 is 4.79 Å². The Morgan fingerprint density at radius 1 is 1.28 bits per heavy atom. The number of hydrogen-bond acceptors (Lipinski definition) is 4. The molecule has 0 radical (unpaired) electrons. The summed E-state index contributed by atoms with van der Waals surface area (Å²) in [6.07, 6.45) is 2.23. The summed E-state index contributed by atoms with van der Waals surface area (Å²) < 4.78 is 0. The van der Waals surface area contributed by atoms with Crippen molar-refractivity contribution in [3.8, 4) is 10.6 Å². The fourth-order valence-corrected chi connectivity index (χ4v) is 5.29. The highest BCUT2D eigenvalue weighted by Gasteiger charge is 2.30. The molecule has 0 spiro atoms. The fourth-order valence-electron chi connectivity index (χ4n) is 3.53. The van der Waals surface area contributed by atoms with Gasteiger partial charge in [-0.05, 0) is 49.8 Å². The van der Waals surface area contributed by atoms with E-state index in [9.17, 15) is 4.79 Å². The average molecular weight is 369 g/mol. The van der Waals surface area contributed by atoms with E-state index in [0.717, 1.165) is 29.2 Å². The number of thiazole rings is 1. The number of hydrogen-bond donors (Lipinski definition) is 0. The van der Waals surface area contributed by atoms with E-state index in [1.54, 1.807) is 22.7 Å². The molecule has 3 aromatic rings. The van der Waals surface area contributed by atoms with Crippen molar-refractivity contribution in [1.82, 2.24) is 4.98 Å². The van der Waals surface area contributed by atoms with Crippen molar-refractivity contribution in [2.45, 2.75) is 39.2 Å². The fraction of sp³-hybridized carbons (Fsp3) is 0.300. The van der Waals surface area contributed by atoms with Crippen LogP contribution in [0, 0.1) is 6.92 Å². The highest BCUT2D eigenvalue weighted by Crippen LogP contribution is 2.34. The van der Waals surface area contributed by atoms with E-state index in [2.05, 4.69) is 35.5 Å². The van der Waals surface area contributed by atoms with E-state index in [1.807, 2.05) is 30.0 Å². The van der Waals surface area contributed by atoms with Gasteiger partial charge < -0.3 is 4.90 Å². The topological polar surface area (TPSA) is 33.2 Å². The summed E-state index contributed by atoms with van der Waals surface area (Å²) in [4.78, 5) is 22.0. The van der Waals surface area contributed by atoms with Crippen LogP contribution < -0.4 is 4.90 Å². The molecule has 1 atom stereocenters. The summed E-state index contributed by atoms with van der Waals surface area (Å²) in [5.41, 5.74) is 3.41. The van der Waals surface area contributed by atoms with Crippen LogP contribution in [0.5, 0.6) is 0 Å². The number of rotatable bonds is 4. The standard InChI is InChI=1S/C20H20N2OS2/c1-13-12-15-6-3-4-7-16(15)22(13)19(23)10-9-18-20(21-14(2)25-18)17-8-5-11-24-17/h3-8,11,13H,9-10,12H2,1-2H3. The lowest BCUT2D eigenvalue weighted by atomic mass is 10.1. The van der Waals surface area contributed by atoms with Gasteiger partial charge in [0.2, 0.25) is 5.91 Å². The third kappa shape index (κ3) is 3.14. The molecular weight excluding hydrogens is 348 g/mol. The number of benzene rings is 1. The molecule has 25 heavy (non-hydrogen) atoms. The number of aromatic nitrogens is 1. The molecule has 3 heterocycles. The van der Waals surface area contributed by atoms with Crippen molar-refractivity contribution in [2.24, 2.45) is 0 Å². The van der Waals surface area contributed by atoms with E-state index >= 15 is 0 Å². The third-order valence-electron chi connectivity index (χ3n) is 4.60. The highest BCUT2D eigenvalue weighted by atomic mass is 32.1. The normalized spacial score (nSPS) is 16.2. The number of para-hydroxylation sites is 1. The van der Waals surface area contributed by atoms with Crippen LogP contribution >= 0.6 is 22.7 Å². The van der Waals surface area contributed by atoms with Gasteiger partial charge in [-0.3, -0.25) is 4.79 Å². The summed E-state index contributed by atoms with van der Waals surface area (Å²) in [5.74, 6) is 0.209. The Labute approximate surface area is 156 Å². The molecule has 3 nitrogen and oxygen atoms in total. The van der Waals surface area contributed by atoms with Gasteiger partial charge in [-0.2, -0.15) is 0 Å². The second kappa shape index (κ2) is 6.73. The van der Waals surface area contributed by atoms with Crippen LogP contribution in [0.4, 0.5) is 5.69 Å². The number of anilines is 1. The van der Waals surface area contributed by atoms with E-state index in [0.29, 0.717) is 6.42 Å². The lowest BCUT2D eigenvalue weighted by Gasteiger charge is -2.22. The predicted octanol–water partition coefficient (Wildman–Crippen LogP) is 5.09. The molecule has 1 aromatic carbocycles. The van der Waals surface area contributed by atoms with Crippen molar-refractivity contribution in [2.75, 3.05) is 4.90 Å². The number of amides is 1. The summed E-state index contributed by atoms with van der Waals surface area (Å²) in [6.45, 7) is 4.16. The van der Waals surface area contributed by atoms with Gasteiger partial charge in [0.15, 0.2) is 0 Å². The van der Waals surface area contributed by atoms with Gasteiger partial charge in [-0.1, -0.05) is 24.3 Å². The van der Waals surface area contributed by atoms with Gasteiger partial charge in [-0.15, -0.1) is 22.7 Å². The summed E-state index contributed by atoms with van der Waals surface area (Å²) in [6, 6.07) is 12.6. The lowest BCUT2D eigenvalue weighted by Crippen LogP contribution is -2.35. The number of nitrogens with zero attached hydrogens (tertiary/aromatic N) is 2. The van der Waals surface area contributed by atoms with Crippen LogP contribution in [0.2, 0.25) is 0 Å². The molecule has 0 saturated carbocycles. The molecule has 1 aliphatic heterocycles. The molecule has 0 fully saturated rings. The van der Waals surface area contributed by atoms with Crippen LogP contribution in [-0.4, -0.2) is 16.9 Å². The molecule has 0 saturated heterocycles. The van der Waals surface area contributed by atoms with E-state index < -0.39 is 0 Å². The number of carbonyl (C=O) groups is 1. The molecule has 2 aromatic heterocycles. The van der Waals surface area contributed by atoms with Crippen molar-refractivity contribution in [3.05, 3.63) is 57.2 Å². The SMILES string of the molecule is Cc1nc(-c2cccs2)c(CCC(=O)N2c3ccccc3CC2C)s1. The quantitative estimate of drug-likeness (QED) is 0.642. The zero-order valence-corrected chi connectivity index (χ0v) is 16.0. The Balaban J connectivity index is 1.52. The number of fused-ring (bicyclic) bond motifs is 1. The maximum Gasteiger partial charge on any atom is 0.227 e. The third-order valence-corrected chi connectivity index (χ3v) is 6.51. The van der Waals surface area contributed by atoms with E-state index in [4.69, 9.17) is 0 Å². The Hall–Kier alpha value is -1.98. The van der Waals surface area contributed by atoms with Crippen molar-refractivity contribution in [3.63, 3.8) is 0 Å². The first kappa shape index (κ1) is 16.5. The molecule has 0 N–H and O–H groups in total. The summed E-state index contributed by atoms with van der Waals surface area (Å²) >= 11 is 3.41. The largest absolute Gasteiger partial charge is 0.309 e. The first-order valence-electron chi connectivity index (χ1n) is 8.53. The maximum atomic E-state index is 12.9. The molecule has 0 aliphatic carbocycles. The number of aryl methyl sites for hydroxylation is 2.